The van der Waals surface area contributed by atoms with Gasteiger partial charge in [0.15, 0.2) is 0 Å². The lowest BCUT2D eigenvalue weighted by atomic mass is 9.96. The highest BCUT2D eigenvalue weighted by Crippen LogP contribution is 2.39. The van der Waals surface area contributed by atoms with Gasteiger partial charge in [0.2, 0.25) is 0 Å². The summed E-state index contributed by atoms with van der Waals surface area (Å²) in [5.41, 5.74) is 0.613. The molecule has 1 heterocycles. The van der Waals surface area contributed by atoms with Crippen molar-refractivity contribution in [2.75, 3.05) is 32.8 Å². The number of fused-ring (bicyclic) bond motifs is 1. The number of rotatable bonds is 5. The smallest absolute Gasteiger partial charge is 0.258 e. The molecule has 0 radical (unpaired) electrons. The van der Waals surface area contributed by atoms with E-state index in [9.17, 15) is 8.78 Å². The van der Waals surface area contributed by atoms with E-state index in [2.05, 4.69) is 5.32 Å². The first-order valence-electron chi connectivity index (χ1n) is 8.09. The average molecular weight is 320 g/mol. The Kier molecular flexibility index (Phi) is 5.08. The zero-order chi connectivity index (χ0) is 16.2. The number of hydrogen-bond acceptors (Lipinski definition) is 3. The van der Waals surface area contributed by atoms with Crippen molar-refractivity contribution in [2.45, 2.75) is 19.4 Å². The molecule has 0 unspecified atom stereocenters. The molecule has 3 rings (SSSR count). The molecule has 1 aliphatic rings. The van der Waals surface area contributed by atoms with E-state index in [0.717, 1.165) is 23.9 Å². The Balaban J connectivity index is 2.14. The number of benzene rings is 2. The van der Waals surface area contributed by atoms with E-state index in [1.54, 1.807) is 0 Å². The van der Waals surface area contributed by atoms with E-state index >= 15 is 0 Å². The number of alkyl halides is 2. The van der Waals surface area contributed by atoms with Gasteiger partial charge in [-0.1, -0.05) is 30.3 Å². The molecule has 3 nitrogen and oxygen atoms in total. The Labute approximate surface area is 135 Å². The predicted octanol–water partition coefficient (Wildman–Crippen LogP) is 3.45. The number of nitrogens with one attached hydrogen (secondary N) is 1. The van der Waals surface area contributed by atoms with Crippen LogP contribution in [0.5, 0.6) is 5.75 Å². The molecule has 5 heteroatoms. The van der Waals surface area contributed by atoms with Crippen LogP contribution in [0.25, 0.3) is 10.8 Å². The Morgan fingerprint density at radius 2 is 1.87 bits per heavy atom. The minimum absolute atomic E-state index is 0.461. The molecule has 0 spiro atoms. The van der Waals surface area contributed by atoms with Gasteiger partial charge in [-0.05, 0) is 23.8 Å². The quantitative estimate of drug-likeness (QED) is 0.913. The van der Waals surface area contributed by atoms with Crippen LogP contribution in [0.3, 0.4) is 0 Å². The summed E-state index contributed by atoms with van der Waals surface area (Å²) in [4.78, 5) is 1.87. The Bertz CT molecular complexity index is 657. The lowest BCUT2D eigenvalue weighted by molar-refractivity contribution is 0.0175. The van der Waals surface area contributed by atoms with E-state index in [0.29, 0.717) is 31.0 Å². The van der Waals surface area contributed by atoms with Gasteiger partial charge in [-0.2, -0.15) is 0 Å². The van der Waals surface area contributed by atoms with Gasteiger partial charge >= 0.3 is 0 Å². The second-order valence-electron chi connectivity index (χ2n) is 5.70. The second kappa shape index (κ2) is 7.23. The third kappa shape index (κ3) is 3.31. The van der Waals surface area contributed by atoms with Crippen molar-refractivity contribution < 1.29 is 13.5 Å². The van der Waals surface area contributed by atoms with Crippen LogP contribution in [0.4, 0.5) is 8.78 Å². The van der Waals surface area contributed by atoms with Gasteiger partial charge in [0.1, 0.15) is 11.8 Å². The minimum atomic E-state index is -2.46. The first-order chi connectivity index (χ1) is 11.2. The van der Waals surface area contributed by atoms with Gasteiger partial charge in [0.05, 0.1) is 6.61 Å². The summed E-state index contributed by atoms with van der Waals surface area (Å²) in [7, 11) is 0. The van der Waals surface area contributed by atoms with Crippen molar-refractivity contribution in [1.29, 1.82) is 0 Å². The average Bonchev–Trinajstić information content (AvgIpc) is 2.57. The molecule has 0 amide bonds. The van der Waals surface area contributed by atoms with Crippen LogP contribution in [0.2, 0.25) is 0 Å². The van der Waals surface area contributed by atoms with Crippen molar-refractivity contribution in [3.63, 3.8) is 0 Å². The van der Waals surface area contributed by atoms with Crippen molar-refractivity contribution in [3.05, 3.63) is 42.0 Å². The van der Waals surface area contributed by atoms with Crippen LogP contribution in [-0.2, 0) is 0 Å². The normalized spacial score (nSPS) is 17.6. The highest BCUT2D eigenvalue weighted by Gasteiger charge is 2.33. The molecule has 0 aliphatic carbocycles. The van der Waals surface area contributed by atoms with Crippen LogP contribution in [0.1, 0.15) is 18.5 Å². The van der Waals surface area contributed by atoms with Gasteiger partial charge in [-0.25, -0.2) is 8.78 Å². The largest absolute Gasteiger partial charge is 0.494 e. The Morgan fingerprint density at radius 3 is 2.57 bits per heavy atom. The number of halogens is 2. The standard InChI is InChI=1S/C18H22F2N2O/c1-2-23-15-8-7-13-5-3-4-6-14(13)16(15)17(18(19)20)22-11-9-21-10-12-22/h3-8,17-18,21H,2,9-12H2,1H3/t17-/m0/s1. The lowest BCUT2D eigenvalue weighted by Gasteiger charge is -2.35. The molecular formula is C18H22F2N2O. The first kappa shape index (κ1) is 16.1. The highest BCUT2D eigenvalue weighted by molar-refractivity contribution is 5.88. The highest BCUT2D eigenvalue weighted by atomic mass is 19.3. The van der Waals surface area contributed by atoms with Crippen molar-refractivity contribution in [1.82, 2.24) is 10.2 Å². The molecule has 1 atom stereocenters. The molecule has 0 saturated carbocycles. The van der Waals surface area contributed by atoms with Crippen molar-refractivity contribution in [3.8, 4) is 5.75 Å². The monoisotopic (exact) mass is 320 g/mol. The van der Waals surface area contributed by atoms with Crippen molar-refractivity contribution in [2.24, 2.45) is 0 Å². The zero-order valence-electron chi connectivity index (χ0n) is 13.3. The number of piperazine rings is 1. The maximum Gasteiger partial charge on any atom is 0.258 e. The van der Waals surface area contributed by atoms with Gasteiger partial charge in [-0.15, -0.1) is 0 Å². The van der Waals surface area contributed by atoms with Crippen LogP contribution in [0.15, 0.2) is 36.4 Å². The molecular weight excluding hydrogens is 298 g/mol. The van der Waals surface area contributed by atoms with E-state index < -0.39 is 12.5 Å². The summed E-state index contributed by atoms with van der Waals surface area (Å²) in [5.74, 6) is 0.565. The number of hydrogen-bond donors (Lipinski definition) is 1. The van der Waals surface area contributed by atoms with Crippen LogP contribution >= 0.6 is 0 Å². The molecule has 23 heavy (non-hydrogen) atoms. The summed E-state index contributed by atoms with van der Waals surface area (Å²) in [6.45, 7) is 5.04. The Hall–Kier alpha value is -1.72. The maximum atomic E-state index is 14.0. The van der Waals surface area contributed by atoms with Gasteiger partial charge < -0.3 is 10.1 Å². The zero-order valence-corrected chi connectivity index (χ0v) is 13.3. The summed E-state index contributed by atoms with van der Waals surface area (Å²) in [5, 5.41) is 5.03. The fourth-order valence-electron chi connectivity index (χ4n) is 3.29. The lowest BCUT2D eigenvalue weighted by Crippen LogP contribution is -2.47. The molecule has 0 aromatic heterocycles. The van der Waals surface area contributed by atoms with E-state index in [4.69, 9.17) is 4.74 Å². The molecule has 124 valence electrons. The van der Waals surface area contributed by atoms with Gasteiger partial charge in [0, 0.05) is 31.7 Å². The van der Waals surface area contributed by atoms with Crippen LogP contribution in [-0.4, -0.2) is 44.1 Å². The van der Waals surface area contributed by atoms with E-state index in [1.807, 2.05) is 48.2 Å². The molecule has 1 aliphatic heterocycles. The van der Waals surface area contributed by atoms with Crippen molar-refractivity contribution >= 4 is 10.8 Å². The predicted molar refractivity (Wildman–Crippen MR) is 88.3 cm³/mol. The fourth-order valence-corrected chi connectivity index (χ4v) is 3.29. The molecule has 0 bridgehead atoms. The van der Waals surface area contributed by atoms with Gasteiger partial charge in [-0.3, -0.25) is 4.90 Å². The third-order valence-electron chi connectivity index (χ3n) is 4.31. The topological polar surface area (TPSA) is 24.5 Å². The SMILES string of the molecule is CCOc1ccc2ccccc2c1[C@@H](C(F)F)N1CCNCC1. The van der Waals surface area contributed by atoms with E-state index in [-0.39, 0.29) is 0 Å². The number of nitrogens with zero attached hydrogens (tertiary/aromatic N) is 1. The van der Waals surface area contributed by atoms with Crippen LogP contribution in [0, 0.1) is 0 Å². The molecule has 1 saturated heterocycles. The second-order valence-corrected chi connectivity index (χ2v) is 5.70. The fraction of sp³-hybridized carbons (Fsp3) is 0.444. The molecule has 2 aromatic carbocycles. The summed E-state index contributed by atoms with van der Waals surface area (Å²) in [6.07, 6.45) is -2.46. The number of ether oxygens (including phenoxy) is 1. The first-order valence-corrected chi connectivity index (χ1v) is 8.09. The van der Waals surface area contributed by atoms with Gasteiger partial charge in [0.25, 0.3) is 6.43 Å². The molecule has 1 fully saturated rings. The third-order valence-corrected chi connectivity index (χ3v) is 4.31. The van der Waals surface area contributed by atoms with E-state index in [1.165, 1.54) is 0 Å². The summed E-state index contributed by atoms with van der Waals surface area (Å²) in [6, 6.07) is 10.5. The summed E-state index contributed by atoms with van der Waals surface area (Å²) >= 11 is 0. The molecule has 2 aromatic rings. The minimum Gasteiger partial charge on any atom is -0.494 e. The summed E-state index contributed by atoms with van der Waals surface area (Å²) < 4.78 is 33.7. The Morgan fingerprint density at radius 1 is 1.13 bits per heavy atom. The van der Waals surface area contributed by atoms with Crippen LogP contribution < -0.4 is 10.1 Å². The molecule has 1 N–H and O–H groups in total. The maximum absolute atomic E-state index is 14.0.